The van der Waals surface area contributed by atoms with E-state index < -0.39 is 0 Å². The lowest BCUT2D eigenvalue weighted by Crippen LogP contribution is -2.31. The van der Waals surface area contributed by atoms with Gasteiger partial charge in [0.2, 0.25) is 0 Å². The molecule has 1 saturated heterocycles. The van der Waals surface area contributed by atoms with Gasteiger partial charge in [0, 0.05) is 32.4 Å². The molecule has 1 N–H and O–H groups in total. The molecule has 4 heteroatoms. The molecule has 2 heterocycles. The van der Waals surface area contributed by atoms with Crippen LogP contribution in [0.1, 0.15) is 31.4 Å². The van der Waals surface area contributed by atoms with Crippen LogP contribution in [0, 0.1) is 5.92 Å². The second-order valence-electron chi connectivity index (χ2n) is 5.42. The van der Waals surface area contributed by atoms with Crippen LogP contribution < -0.4 is 10.2 Å². The van der Waals surface area contributed by atoms with Gasteiger partial charge in [0.1, 0.15) is 5.82 Å². The third-order valence-corrected chi connectivity index (χ3v) is 3.88. The molecule has 0 aliphatic carbocycles. The standard InChI is InChI=1S/C15H25N3O/c1-12(16-2)14-6-7-17-15(9-14)18(3)10-13-5-4-8-19-11-13/h6-7,9,12-13,16H,4-5,8,10-11H2,1-3H3. The topological polar surface area (TPSA) is 37.4 Å². The second kappa shape index (κ2) is 6.87. The molecule has 2 atom stereocenters. The Labute approximate surface area is 116 Å². The summed E-state index contributed by atoms with van der Waals surface area (Å²) in [6, 6.07) is 4.60. The van der Waals surface area contributed by atoms with Crippen LogP contribution in [0.25, 0.3) is 0 Å². The van der Waals surface area contributed by atoms with Crippen molar-refractivity contribution >= 4 is 5.82 Å². The van der Waals surface area contributed by atoms with Crippen molar-refractivity contribution in [2.75, 3.05) is 38.8 Å². The van der Waals surface area contributed by atoms with Crippen molar-refractivity contribution in [3.63, 3.8) is 0 Å². The number of rotatable bonds is 5. The van der Waals surface area contributed by atoms with E-state index >= 15 is 0 Å². The summed E-state index contributed by atoms with van der Waals surface area (Å²) in [4.78, 5) is 6.72. The monoisotopic (exact) mass is 263 g/mol. The van der Waals surface area contributed by atoms with Gasteiger partial charge in [0.15, 0.2) is 0 Å². The zero-order chi connectivity index (χ0) is 13.7. The summed E-state index contributed by atoms with van der Waals surface area (Å²) in [5.74, 6) is 1.68. The summed E-state index contributed by atoms with van der Waals surface area (Å²) in [6.45, 7) is 4.99. The first-order chi connectivity index (χ1) is 9.20. The SMILES string of the molecule is CNC(C)c1ccnc(N(C)CC2CCCOC2)c1. The van der Waals surface area contributed by atoms with Gasteiger partial charge in [-0.2, -0.15) is 0 Å². The maximum absolute atomic E-state index is 5.54. The number of nitrogens with zero attached hydrogens (tertiary/aromatic N) is 2. The first kappa shape index (κ1) is 14.3. The summed E-state index contributed by atoms with van der Waals surface area (Å²) in [5, 5.41) is 3.26. The molecule has 2 rings (SSSR count). The highest BCUT2D eigenvalue weighted by molar-refractivity contribution is 5.41. The number of ether oxygens (including phenoxy) is 1. The fraction of sp³-hybridized carbons (Fsp3) is 0.667. The molecule has 1 aliphatic heterocycles. The van der Waals surface area contributed by atoms with Gasteiger partial charge < -0.3 is 15.0 Å². The molecule has 2 unspecified atom stereocenters. The molecule has 106 valence electrons. The van der Waals surface area contributed by atoms with Crippen molar-refractivity contribution in [2.45, 2.75) is 25.8 Å². The fourth-order valence-corrected chi connectivity index (χ4v) is 2.51. The lowest BCUT2D eigenvalue weighted by atomic mass is 10.0. The molecule has 0 bridgehead atoms. The Balaban J connectivity index is 1.99. The van der Waals surface area contributed by atoms with Crippen molar-refractivity contribution < 1.29 is 4.74 Å². The Bertz CT molecular complexity index is 391. The van der Waals surface area contributed by atoms with Crippen LogP contribution in [0.15, 0.2) is 18.3 Å². The predicted molar refractivity (Wildman–Crippen MR) is 78.5 cm³/mol. The lowest BCUT2D eigenvalue weighted by molar-refractivity contribution is 0.0576. The van der Waals surface area contributed by atoms with E-state index in [0.717, 1.165) is 25.6 Å². The summed E-state index contributed by atoms with van der Waals surface area (Å²) in [5.41, 5.74) is 1.28. The number of anilines is 1. The zero-order valence-corrected chi connectivity index (χ0v) is 12.2. The number of hydrogen-bond donors (Lipinski definition) is 1. The third-order valence-electron chi connectivity index (χ3n) is 3.88. The second-order valence-corrected chi connectivity index (χ2v) is 5.42. The smallest absolute Gasteiger partial charge is 0.128 e. The molecular formula is C15H25N3O. The minimum atomic E-state index is 0.355. The Kier molecular flexibility index (Phi) is 5.16. The highest BCUT2D eigenvalue weighted by Crippen LogP contribution is 2.20. The van der Waals surface area contributed by atoms with E-state index in [2.05, 4.69) is 41.3 Å². The molecule has 1 aliphatic rings. The van der Waals surface area contributed by atoms with E-state index in [1.165, 1.54) is 18.4 Å². The zero-order valence-electron chi connectivity index (χ0n) is 12.2. The Morgan fingerprint density at radius 2 is 2.42 bits per heavy atom. The maximum atomic E-state index is 5.54. The van der Waals surface area contributed by atoms with E-state index in [1.54, 1.807) is 0 Å². The van der Waals surface area contributed by atoms with E-state index in [4.69, 9.17) is 4.74 Å². The van der Waals surface area contributed by atoms with Crippen LogP contribution in [-0.2, 0) is 4.74 Å². The van der Waals surface area contributed by atoms with Crippen molar-refractivity contribution in [2.24, 2.45) is 5.92 Å². The normalized spacial score (nSPS) is 21.1. The first-order valence-electron chi connectivity index (χ1n) is 7.13. The molecule has 19 heavy (non-hydrogen) atoms. The third kappa shape index (κ3) is 3.91. The van der Waals surface area contributed by atoms with Crippen molar-refractivity contribution in [3.8, 4) is 0 Å². The van der Waals surface area contributed by atoms with Crippen molar-refractivity contribution in [3.05, 3.63) is 23.9 Å². The van der Waals surface area contributed by atoms with Crippen LogP contribution in [0.3, 0.4) is 0 Å². The van der Waals surface area contributed by atoms with Gasteiger partial charge in [0.25, 0.3) is 0 Å². The fourth-order valence-electron chi connectivity index (χ4n) is 2.51. The van der Waals surface area contributed by atoms with Crippen molar-refractivity contribution in [1.82, 2.24) is 10.3 Å². The molecule has 4 nitrogen and oxygen atoms in total. The Hall–Kier alpha value is -1.13. The summed E-state index contributed by atoms with van der Waals surface area (Å²) in [6.07, 6.45) is 4.34. The van der Waals surface area contributed by atoms with Crippen LogP contribution in [0.4, 0.5) is 5.82 Å². The van der Waals surface area contributed by atoms with Gasteiger partial charge in [-0.05, 0) is 50.4 Å². The number of nitrogens with one attached hydrogen (secondary N) is 1. The average Bonchev–Trinajstić information content (AvgIpc) is 2.47. The molecule has 0 amide bonds. The minimum Gasteiger partial charge on any atom is -0.381 e. The molecule has 1 fully saturated rings. The van der Waals surface area contributed by atoms with Crippen molar-refractivity contribution in [1.29, 1.82) is 0 Å². The van der Waals surface area contributed by atoms with Gasteiger partial charge in [-0.25, -0.2) is 4.98 Å². The molecular weight excluding hydrogens is 238 g/mol. The predicted octanol–water partition coefficient (Wildman–Crippen LogP) is 2.22. The van der Waals surface area contributed by atoms with Gasteiger partial charge in [-0.3, -0.25) is 0 Å². The van der Waals surface area contributed by atoms with Gasteiger partial charge in [-0.15, -0.1) is 0 Å². The molecule has 0 radical (unpaired) electrons. The number of aromatic nitrogens is 1. The minimum absolute atomic E-state index is 0.355. The average molecular weight is 263 g/mol. The van der Waals surface area contributed by atoms with E-state index in [0.29, 0.717) is 12.0 Å². The molecule has 1 aromatic rings. The van der Waals surface area contributed by atoms with E-state index in [-0.39, 0.29) is 0 Å². The molecule has 1 aromatic heterocycles. The lowest BCUT2D eigenvalue weighted by Gasteiger charge is -2.28. The summed E-state index contributed by atoms with van der Waals surface area (Å²) in [7, 11) is 4.10. The maximum Gasteiger partial charge on any atom is 0.128 e. The highest BCUT2D eigenvalue weighted by atomic mass is 16.5. The number of hydrogen-bond acceptors (Lipinski definition) is 4. The van der Waals surface area contributed by atoms with E-state index in [1.807, 2.05) is 13.2 Å². The van der Waals surface area contributed by atoms with Gasteiger partial charge in [0.05, 0.1) is 6.61 Å². The Morgan fingerprint density at radius 3 is 3.11 bits per heavy atom. The van der Waals surface area contributed by atoms with Gasteiger partial charge >= 0.3 is 0 Å². The van der Waals surface area contributed by atoms with Crippen LogP contribution >= 0.6 is 0 Å². The summed E-state index contributed by atoms with van der Waals surface area (Å²) >= 11 is 0. The number of pyridine rings is 1. The highest BCUT2D eigenvalue weighted by Gasteiger charge is 2.17. The largest absolute Gasteiger partial charge is 0.381 e. The van der Waals surface area contributed by atoms with E-state index in [9.17, 15) is 0 Å². The van der Waals surface area contributed by atoms with Crippen LogP contribution in [0.2, 0.25) is 0 Å². The first-order valence-corrected chi connectivity index (χ1v) is 7.13. The van der Waals surface area contributed by atoms with Crippen LogP contribution in [-0.4, -0.2) is 38.8 Å². The molecule has 0 spiro atoms. The van der Waals surface area contributed by atoms with Crippen LogP contribution in [0.5, 0.6) is 0 Å². The summed E-state index contributed by atoms with van der Waals surface area (Å²) < 4.78 is 5.54. The molecule has 0 saturated carbocycles. The Morgan fingerprint density at radius 1 is 1.58 bits per heavy atom. The molecule has 0 aromatic carbocycles. The quantitative estimate of drug-likeness (QED) is 0.884. The van der Waals surface area contributed by atoms with Gasteiger partial charge in [-0.1, -0.05) is 0 Å².